The van der Waals surface area contributed by atoms with E-state index in [0.29, 0.717) is 28.9 Å². The number of carbonyl (C=O) groups excluding carboxylic acids is 1. The number of β-amino-alcohol motifs (C(OH)–C–C–N with tert-alkyl or cyclic N) is 1. The number of rotatable bonds is 10. The quantitative estimate of drug-likeness (QED) is 0.208. The number of halogens is 1. The number of aromatic nitrogens is 3. The van der Waals surface area contributed by atoms with Crippen LogP contribution in [0.25, 0.3) is 0 Å². The van der Waals surface area contributed by atoms with E-state index in [-0.39, 0.29) is 11.1 Å². The Bertz CT molecular complexity index is 1520. The Kier molecular flexibility index (Phi) is 9.22. The number of aliphatic hydroxyl groups is 1. The average Bonchev–Trinajstić information content (AvgIpc) is 3.40. The van der Waals surface area contributed by atoms with E-state index in [1.165, 1.54) is 29.3 Å². The summed E-state index contributed by atoms with van der Waals surface area (Å²) < 4.78 is 16.3. The van der Waals surface area contributed by atoms with Gasteiger partial charge in [-0.15, -0.1) is 0 Å². The fourth-order valence-electron chi connectivity index (χ4n) is 5.23. The van der Waals surface area contributed by atoms with Gasteiger partial charge in [-0.25, -0.2) is 19.3 Å². The smallest absolute Gasteiger partial charge is 0.273 e. The lowest BCUT2D eigenvalue weighted by Crippen LogP contribution is -2.51. The molecule has 0 unspecified atom stereocenters. The molecule has 1 saturated heterocycles. The van der Waals surface area contributed by atoms with Crippen molar-refractivity contribution < 1.29 is 14.3 Å². The second kappa shape index (κ2) is 12.9. The maximum Gasteiger partial charge on any atom is 0.273 e. The molecule has 4 aromatic rings. The molecule has 5 rings (SSSR count). The van der Waals surface area contributed by atoms with Crippen molar-refractivity contribution in [2.24, 2.45) is 0 Å². The van der Waals surface area contributed by atoms with Crippen molar-refractivity contribution in [3.8, 4) is 0 Å². The van der Waals surface area contributed by atoms with Gasteiger partial charge in [0.1, 0.15) is 5.82 Å². The van der Waals surface area contributed by atoms with Crippen LogP contribution in [0.15, 0.2) is 76.2 Å². The van der Waals surface area contributed by atoms with Gasteiger partial charge in [0.25, 0.3) is 5.91 Å². The summed E-state index contributed by atoms with van der Waals surface area (Å²) in [5, 5.41) is 17.1. The van der Waals surface area contributed by atoms with Gasteiger partial charge in [0.2, 0.25) is 0 Å². The number of benzene rings is 1. The van der Waals surface area contributed by atoms with Gasteiger partial charge in [-0.2, -0.15) is 0 Å². The number of amides is 1. The van der Waals surface area contributed by atoms with Gasteiger partial charge >= 0.3 is 0 Å². The third-order valence-electron chi connectivity index (χ3n) is 7.31. The standard InChI is InChI=1S/C31H35FN6O2S2/c1-21-9-13-33-24(17-21)37-29-35-18-25(42-29)41-23-10-14-34-27(26(23)32)28(39)36-19-31(22-7-5-4-6-8-22)11-15-38(16-12-31)20-30(2,3)40/h4-10,13-14,17-18,40H,11-12,15-16,19-20H2,1-3H3,(H,36,39)(H,33,35,37). The third-order valence-corrected chi connectivity index (χ3v) is 9.36. The maximum atomic E-state index is 15.6. The number of nitrogens with zero attached hydrogens (tertiary/aromatic N) is 4. The van der Waals surface area contributed by atoms with Gasteiger partial charge in [0, 0.05) is 30.9 Å². The van der Waals surface area contributed by atoms with Crippen LogP contribution in [0.1, 0.15) is 48.3 Å². The van der Waals surface area contributed by atoms with E-state index in [9.17, 15) is 9.90 Å². The zero-order valence-corrected chi connectivity index (χ0v) is 25.6. The van der Waals surface area contributed by atoms with E-state index in [1.807, 2.05) is 51.1 Å². The molecule has 3 aromatic heterocycles. The summed E-state index contributed by atoms with van der Waals surface area (Å²) >= 11 is 2.58. The predicted molar refractivity (Wildman–Crippen MR) is 165 cm³/mol. The molecule has 0 bridgehead atoms. The second-order valence-corrected chi connectivity index (χ2v) is 13.7. The Labute approximate surface area is 253 Å². The van der Waals surface area contributed by atoms with E-state index in [0.717, 1.165) is 41.3 Å². The Morgan fingerprint density at radius 1 is 1.12 bits per heavy atom. The summed E-state index contributed by atoms with van der Waals surface area (Å²) in [6.07, 6.45) is 6.46. The molecule has 220 valence electrons. The zero-order chi connectivity index (χ0) is 29.7. The van der Waals surface area contributed by atoms with Crippen LogP contribution in [0, 0.1) is 12.7 Å². The number of carbonyl (C=O) groups is 1. The number of aryl methyl sites for hydroxylation is 1. The normalized spacial score (nSPS) is 15.4. The number of pyridine rings is 2. The first-order chi connectivity index (χ1) is 20.1. The van der Waals surface area contributed by atoms with Gasteiger partial charge in [0.05, 0.1) is 20.9 Å². The molecule has 1 amide bonds. The molecule has 0 aliphatic carbocycles. The highest BCUT2D eigenvalue weighted by atomic mass is 32.2. The van der Waals surface area contributed by atoms with Crippen molar-refractivity contribution in [2.75, 3.05) is 31.5 Å². The molecule has 42 heavy (non-hydrogen) atoms. The average molecular weight is 607 g/mol. The lowest BCUT2D eigenvalue weighted by molar-refractivity contribution is 0.0207. The molecule has 0 spiro atoms. The first-order valence-electron chi connectivity index (χ1n) is 13.9. The van der Waals surface area contributed by atoms with Crippen molar-refractivity contribution in [2.45, 2.75) is 53.7 Å². The van der Waals surface area contributed by atoms with Crippen LogP contribution in [-0.4, -0.2) is 62.6 Å². The molecular weight excluding hydrogens is 572 g/mol. The summed E-state index contributed by atoms with van der Waals surface area (Å²) in [5.74, 6) is -0.510. The minimum Gasteiger partial charge on any atom is -0.389 e. The molecule has 1 aliphatic rings. The molecule has 1 aromatic carbocycles. The fraction of sp³-hybridized carbons (Fsp3) is 0.355. The lowest BCUT2D eigenvalue weighted by Gasteiger charge is -2.43. The van der Waals surface area contributed by atoms with Crippen LogP contribution >= 0.6 is 23.1 Å². The molecule has 1 aliphatic heterocycles. The summed E-state index contributed by atoms with van der Waals surface area (Å²) in [6.45, 7) is 8.14. The van der Waals surface area contributed by atoms with Crippen LogP contribution in [0.3, 0.4) is 0 Å². The van der Waals surface area contributed by atoms with E-state index < -0.39 is 17.3 Å². The molecule has 8 nitrogen and oxygen atoms in total. The fourth-order valence-corrected chi connectivity index (χ4v) is 7.10. The highest BCUT2D eigenvalue weighted by Crippen LogP contribution is 2.37. The van der Waals surface area contributed by atoms with Crippen molar-refractivity contribution in [3.05, 3.63) is 89.8 Å². The lowest BCUT2D eigenvalue weighted by atomic mass is 9.72. The minimum absolute atomic E-state index is 0.227. The Balaban J connectivity index is 1.26. The van der Waals surface area contributed by atoms with Crippen molar-refractivity contribution in [1.29, 1.82) is 0 Å². The van der Waals surface area contributed by atoms with E-state index >= 15 is 4.39 Å². The van der Waals surface area contributed by atoms with Crippen molar-refractivity contribution in [3.63, 3.8) is 0 Å². The summed E-state index contributed by atoms with van der Waals surface area (Å²) in [7, 11) is 0. The highest BCUT2D eigenvalue weighted by Gasteiger charge is 2.37. The van der Waals surface area contributed by atoms with Gasteiger partial charge in [0.15, 0.2) is 16.6 Å². The predicted octanol–water partition coefficient (Wildman–Crippen LogP) is 5.81. The number of hydrogen-bond acceptors (Lipinski definition) is 9. The van der Waals surface area contributed by atoms with Crippen molar-refractivity contribution >= 4 is 40.0 Å². The highest BCUT2D eigenvalue weighted by molar-refractivity contribution is 8.01. The molecule has 4 heterocycles. The molecule has 3 N–H and O–H groups in total. The van der Waals surface area contributed by atoms with E-state index in [4.69, 9.17) is 0 Å². The molecular formula is C31H35FN6O2S2. The molecule has 0 radical (unpaired) electrons. The van der Waals surface area contributed by atoms with Crippen molar-refractivity contribution in [1.82, 2.24) is 25.2 Å². The monoisotopic (exact) mass is 606 g/mol. The molecule has 0 saturated carbocycles. The third kappa shape index (κ3) is 7.52. The van der Waals surface area contributed by atoms with Gasteiger partial charge in [-0.3, -0.25) is 4.79 Å². The zero-order valence-electron chi connectivity index (χ0n) is 23.9. The number of likely N-dealkylation sites (tertiary alicyclic amines) is 1. The number of nitrogens with one attached hydrogen (secondary N) is 2. The number of thiazole rings is 1. The maximum absolute atomic E-state index is 15.6. The SMILES string of the molecule is Cc1ccnc(Nc2ncc(Sc3ccnc(C(=O)NCC4(c5ccccc5)CCN(CC(C)(C)O)CC4)c3F)s2)c1. The van der Waals surface area contributed by atoms with Crippen LogP contribution in [-0.2, 0) is 5.41 Å². The Morgan fingerprint density at radius 3 is 2.57 bits per heavy atom. The first-order valence-corrected chi connectivity index (χ1v) is 15.5. The molecule has 0 atom stereocenters. The van der Waals surface area contributed by atoms with E-state index in [1.54, 1.807) is 18.5 Å². The number of hydrogen-bond donors (Lipinski definition) is 3. The number of anilines is 2. The van der Waals surface area contributed by atoms with Gasteiger partial charge < -0.3 is 20.6 Å². The topological polar surface area (TPSA) is 103 Å². The summed E-state index contributed by atoms with van der Waals surface area (Å²) in [4.78, 5) is 28.6. The summed E-state index contributed by atoms with van der Waals surface area (Å²) in [5.41, 5.74) is 0.918. The Hall–Kier alpha value is -3.38. The van der Waals surface area contributed by atoms with Crippen LogP contribution in [0.2, 0.25) is 0 Å². The molecule has 1 fully saturated rings. The van der Waals surface area contributed by atoms with Crippen LogP contribution < -0.4 is 10.6 Å². The van der Waals surface area contributed by atoms with E-state index in [2.05, 4.69) is 42.6 Å². The summed E-state index contributed by atoms with van der Waals surface area (Å²) in [6, 6.07) is 15.5. The van der Waals surface area contributed by atoms with Crippen LogP contribution in [0.4, 0.5) is 15.3 Å². The Morgan fingerprint density at radius 2 is 1.86 bits per heavy atom. The second-order valence-electron chi connectivity index (χ2n) is 11.3. The first kappa shape index (κ1) is 30.1. The largest absolute Gasteiger partial charge is 0.389 e. The van der Waals surface area contributed by atoms with Crippen LogP contribution in [0.5, 0.6) is 0 Å². The number of piperidine rings is 1. The molecule has 11 heteroatoms. The minimum atomic E-state index is -0.775. The van der Waals surface area contributed by atoms with Gasteiger partial charge in [-0.05, 0) is 76.0 Å². The van der Waals surface area contributed by atoms with Gasteiger partial charge in [-0.1, -0.05) is 53.4 Å².